The predicted octanol–water partition coefficient (Wildman–Crippen LogP) is 7.29. The van der Waals surface area contributed by atoms with Gasteiger partial charge in [0.1, 0.15) is 28.5 Å². The van der Waals surface area contributed by atoms with Crippen LogP contribution in [-0.2, 0) is 6.42 Å². The molecule has 2 aromatic rings. The molecule has 2 rings (SSSR count). The molecule has 0 saturated carbocycles. The first-order valence-electron chi connectivity index (χ1n) is 11.4. The lowest BCUT2D eigenvalue weighted by atomic mass is 10.0. The van der Waals surface area contributed by atoms with Gasteiger partial charge in [-0.25, -0.2) is 0 Å². The molecule has 0 spiro atoms. The molecule has 2 aromatic carbocycles. The number of carbonyl (C=O) groups is 1. The van der Waals surface area contributed by atoms with E-state index in [1.165, 1.54) is 0 Å². The van der Waals surface area contributed by atoms with E-state index in [1.54, 1.807) is 18.2 Å². The van der Waals surface area contributed by atoms with E-state index in [1.807, 2.05) is 72.7 Å². The first kappa shape index (κ1) is 25.5. The van der Waals surface area contributed by atoms with Gasteiger partial charge in [-0.05, 0) is 103 Å². The SMILES string of the molecule is CCCc1cc(C=CC(=O)c2ccc(OCC)cc2)c(OC(C)(C)C)cc1OC(C)(C)C. The maximum Gasteiger partial charge on any atom is 0.185 e. The molecule has 0 unspecified atom stereocenters. The van der Waals surface area contributed by atoms with E-state index in [-0.39, 0.29) is 17.0 Å². The first-order valence-corrected chi connectivity index (χ1v) is 11.4. The number of allylic oxidation sites excluding steroid dienone is 1. The van der Waals surface area contributed by atoms with Gasteiger partial charge in [0, 0.05) is 17.2 Å². The normalized spacial score (nSPS) is 12.1. The van der Waals surface area contributed by atoms with Crippen LogP contribution in [0.5, 0.6) is 17.2 Å². The second kappa shape index (κ2) is 10.7. The Balaban J connectivity index is 2.42. The standard InChI is InChI=1S/C28H38O4/c1-9-11-21-18-22(14-17-24(29)20-12-15-23(16-13-20)30-10-2)26(32-28(6,7)8)19-25(21)31-27(3,4)5/h12-19H,9-11H2,1-8H3. The lowest BCUT2D eigenvalue weighted by molar-refractivity contribution is 0.104. The molecule has 4 heteroatoms. The fraction of sp³-hybridized carbons (Fsp3) is 0.464. The molecule has 0 aliphatic carbocycles. The Hall–Kier alpha value is -2.75. The van der Waals surface area contributed by atoms with Crippen molar-refractivity contribution in [2.75, 3.05) is 6.61 Å². The van der Waals surface area contributed by atoms with E-state index in [9.17, 15) is 4.79 Å². The third kappa shape index (κ3) is 8.07. The maximum atomic E-state index is 12.8. The molecular weight excluding hydrogens is 400 g/mol. The molecule has 32 heavy (non-hydrogen) atoms. The lowest BCUT2D eigenvalue weighted by Crippen LogP contribution is -2.25. The maximum absolute atomic E-state index is 12.8. The molecule has 0 N–H and O–H groups in total. The minimum absolute atomic E-state index is 0.0678. The second-order valence-corrected chi connectivity index (χ2v) is 9.83. The van der Waals surface area contributed by atoms with Gasteiger partial charge in [0.2, 0.25) is 0 Å². The third-order valence-corrected chi connectivity index (χ3v) is 4.41. The van der Waals surface area contributed by atoms with Crippen molar-refractivity contribution in [3.63, 3.8) is 0 Å². The average molecular weight is 439 g/mol. The molecule has 0 amide bonds. The van der Waals surface area contributed by atoms with Crippen molar-refractivity contribution in [3.05, 3.63) is 59.2 Å². The summed E-state index contributed by atoms with van der Waals surface area (Å²) in [5, 5.41) is 0. The summed E-state index contributed by atoms with van der Waals surface area (Å²) in [7, 11) is 0. The van der Waals surface area contributed by atoms with Gasteiger partial charge >= 0.3 is 0 Å². The fourth-order valence-corrected chi connectivity index (χ4v) is 3.21. The molecule has 0 atom stereocenters. The van der Waals surface area contributed by atoms with Gasteiger partial charge in [-0.2, -0.15) is 0 Å². The number of benzene rings is 2. The highest BCUT2D eigenvalue weighted by Crippen LogP contribution is 2.35. The summed E-state index contributed by atoms with van der Waals surface area (Å²) >= 11 is 0. The summed E-state index contributed by atoms with van der Waals surface area (Å²) in [5.41, 5.74) is 1.89. The van der Waals surface area contributed by atoms with E-state index in [0.717, 1.165) is 35.5 Å². The quantitative estimate of drug-likeness (QED) is 0.305. The minimum atomic E-state index is -0.382. The van der Waals surface area contributed by atoms with Crippen LogP contribution in [0.3, 0.4) is 0 Å². The largest absolute Gasteiger partial charge is 0.494 e. The topological polar surface area (TPSA) is 44.8 Å². The number of ketones is 1. The summed E-state index contributed by atoms with van der Waals surface area (Å²) in [4.78, 5) is 12.8. The van der Waals surface area contributed by atoms with Crippen molar-refractivity contribution >= 4 is 11.9 Å². The molecule has 0 bridgehead atoms. The smallest absolute Gasteiger partial charge is 0.185 e. The van der Waals surface area contributed by atoms with Crippen LogP contribution in [0.1, 0.15) is 83.3 Å². The van der Waals surface area contributed by atoms with Gasteiger partial charge < -0.3 is 14.2 Å². The van der Waals surface area contributed by atoms with Gasteiger partial charge in [0.15, 0.2) is 5.78 Å². The van der Waals surface area contributed by atoms with E-state index in [4.69, 9.17) is 14.2 Å². The van der Waals surface area contributed by atoms with E-state index in [0.29, 0.717) is 17.9 Å². The Kier molecular flexibility index (Phi) is 8.54. The molecule has 0 aliphatic rings. The number of aryl methyl sites for hydroxylation is 1. The summed E-state index contributed by atoms with van der Waals surface area (Å²) in [6, 6.07) is 11.2. The Morgan fingerprint density at radius 3 is 2.00 bits per heavy atom. The second-order valence-electron chi connectivity index (χ2n) is 9.83. The molecule has 4 nitrogen and oxygen atoms in total. The summed E-state index contributed by atoms with van der Waals surface area (Å²) in [6.45, 7) is 16.8. The molecule has 0 heterocycles. The van der Waals surface area contributed by atoms with Gasteiger partial charge in [-0.1, -0.05) is 13.3 Å². The average Bonchev–Trinajstić information content (AvgIpc) is 2.67. The van der Waals surface area contributed by atoms with Gasteiger partial charge in [0.25, 0.3) is 0 Å². The Morgan fingerprint density at radius 1 is 0.875 bits per heavy atom. The predicted molar refractivity (Wildman–Crippen MR) is 132 cm³/mol. The van der Waals surface area contributed by atoms with Crippen molar-refractivity contribution in [1.29, 1.82) is 0 Å². The van der Waals surface area contributed by atoms with E-state index in [2.05, 4.69) is 13.0 Å². The van der Waals surface area contributed by atoms with Crippen LogP contribution in [0.2, 0.25) is 0 Å². The lowest BCUT2D eigenvalue weighted by Gasteiger charge is -2.27. The van der Waals surface area contributed by atoms with Crippen LogP contribution in [0.15, 0.2) is 42.5 Å². The van der Waals surface area contributed by atoms with Crippen LogP contribution < -0.4 is 14.2 Å². The van der Waals surface area contributed by atoms with Crippen molar-refractivity contribution in [3.8, 4) is 17.2 Å². The van der Waals surface area contributed by atoms with Gasteiger partial charge in [-0.3, -0.25) is 4.79 Å². The number of hydrogen-bond acceptors (Lipinski definition) is 4. The highest BCUT2D eigenvalue weighted by molar-refractivity contribution is 6.07. The molecular formula is C28H38O4. The number of ether oxygens (including phenoxy) is 3. The zero-order valence-electron chi connectivity index (χ0n) is 20.9. The summed E-state index contributed by atoms with van der Waals surface area (Å²) in [6.07, 6.45) is 5.31. The van der Waals surface area contributed by atoms with Crippen LogP contribution in [-0.4, -0.2) is 23.6 Å². The molecule has 0 aliphatic heterocycles. The highest BCUT2D eigenvalue weighted by atomic mass is 16.5. The van der Waals surface area contributed by atoms with Crippen molar-refractivity contribution in [2.45, 2.75) is 79.4 Å². The Morgan fingerprint density at radius 2 is 1.47 bits per heavy atom. The zero-order valence-corrected chi connectivity index (χ0v) is 20.9. The zero-order chi connectivity index (χ0) is 23.9. The first-order chi connectivity index (χ1) is 14.9. The Bertz CT molecular complexity index is 926. The summed E-state index contributed by atoms with van der Waals surface area (Å²) < 4.78 is 17.9. The van der Waals surface area contributed by atoms with Gasteiger partial charge in [-0.15, -0.1) is 0 Å². The highest BCUT2D eigenvalue weighted by Gasteiger charge is 2.20. The molecule has 0 radical (unpaired) electrons. The van der Waals surface area contributed by atoms with Crippen molar-refractivity contribution in [2.24, 2.45) is 0 Å². The van der Waals surface area contributed by atoms with Crippen molar-refractivity contribution < 1.29 is 19.0 Å². The molecule has 174 valence electrons. The number of rotatable bonds is 9. The number of carbonyl (C=O) groups excluding carboxylic acids is 1. The minimum Gasteiger partial charge on any atom is -0.494 e. The third-order valence-electron chi connectivity index (χ3n) is 4.41. The fourth-order valence-electron chi connectivity index (χ4n) is 3.21. The summed E-state index contributed by atoms with van der Waals surface area (Å²) in [5.74, 6) is 2.22. The van der Waals surface area contributed by atoms with Crippen LogP contribution in [0.4, 0.5) is 0 Å². The molecule has 0 aromatic heterocycles. The monoisotopic (exact) mass is 438 g/mol. The van der Waals surface area contributed by atoms with E-state index < -0.39 is 0 Å². The van der Waals surface area contributed by atoms with Crippen molar-refractivity contribution in [1.82, 2.24) is 0 Å². The Labute approximate surface area is 193 Å². The van der Waals surface area contributed by atoms with Crippen LogP contribution >= 0.6 is 0 Å². The van der Waals surface area contributed by atoms with Gasteiger partial charge in [0.05, 0.1) is 6.61 Å². The molecule has 0 saturated heterocycles. The van der Waals surface area contributed by atoms with Crippen LogP contribution in [0.25, 0.3) is 6.08 Å². The van der Waals surface area contributed by atoms with E-state index >= 15 is 0 Å². The van der Waals surface area contributed by atoms with Crippen LogP contribution in [0, 0.1) is 0 Å². The molecule has 0 fully saturated rings. The number of hydrogen-bond donors (Lipinski definition) is 0.